The van der Waals surface area contributed by atoms with Gasteiger partial charge in [-0.25, -0.2) is 0 Å². The number of hydrogen-bond acceptors (Lipinski definition) is 1. The molecule has 0 aliphatic carbocycles. The smallest absolute Gasteiger partial charge is 0.445 e. The van der Waals surface area contributed by atoms with Crippen LogP contribution in [0.3, 0.4) is 0 Å². The van der Waals surface area contributed by atoms with Crippen LogP contribution in [-0.2, 0) is 6.42 Å². The van der Waals surface area contributed by atoms with E-state index < -0.39 is 12.4 Å². The van der Waals surface area contributed by atoms with Gasteiger partial charge in [0.15, 0.2) is 0 Å². The SMILES string of the molecule is CN1CCc2ccc([B-](F)(F)F)cc21.[K+]. The van der Waals surface area contributed by atoms with Gasteiger partial charge in [-0.1, -0.05) is 18.2 Å². The first-order valence-electron chi connectivity index (χ1n) is 4.52. The van der Waals surface area contributed by atoms with Crippen molar-refractivity contribution in [1.82, 2.24) is 0 Å². The first-order chi connectivity index (χ1) is 6.48. The van der Waals surface area contributed by atoms with Gasteiger partial charge in [0.05, 0.1) is 0 Å². The monoisotopic (exact) mass is 239 g/mol. The zero-order valence-electron chi connectivity index (χ0n) is 8.80. The quantitative estimate of drug-likeness (QED) is 0.553. The van der Waals surface area contributed by atoms with Crippen molar-refractivity contribution in [2.75, 3.05) is 18.5 Å². The minimum absolute atomic E-state index is 0. The van der Waals surface area contributed by atoms with Crippen molar-refractivity contribution in [2.45, 2.75) is 6.42 Å². The van der Waals surface area contributed by atoms with Crippen molar-refractivity contribution in [3.8, 4) is 0 Å². The minimum atomic E-state index is -4.87. The van der Waals surface area contributed by atoms with Gasteiger partial charge in [-0.05, 0) is 12.0 Å². The Morgan fingerprint density at radius 3 is 2.53 bits per heavy atom. The van der Waals surface area contributed by atoms with E-state index in [0.29, 0.717) is 0 Å². The molecule has 1 aromatic rings. The number of halogens is 3. The molecule has 0 atom stereocenters. The zero-order valence-corrected chi connectivity index (χ0v) is 11.9. The van der Waals surface area contributed by atoms with E-state index in [4.69, 9.17) is 0 Å². The number of hydrogen-bond donors (Lipinski definition) is 0. The van der Waals surface area contributed by atoms with E-state index in [-0.39, 0.29) is 51.4 Å². The Hall–Kier alpha value is 0.511. The van der Waals surface area contributed by atoms with E-state index in [1.165, 1.54) is 12.1 Å². The summed E-state index contributed by atoms with van der Waals surface area (Å²) in [4.78, 5) is 1.86. The summed E-state index contributed by atoms with van der Waals surface area (Å²) in [6.07, 6.45) is 0.844. The molecule has 1 aromatic carbocycles. The normalized spacial score (nSPS) is 14.8. The predicted octanol–water partition coefficient (Wildman–Crippen LogP) is -1.26. The van der Waals surface area contributed by atoms with Crippen molar-refractivity contribution >= 4 is 18.1 Å². The van der Waals surface area contributed by atoms with Crippen LogP contribution in [0.1, 0.15) is 5.56 Å². The van der Waals surface area contributed by atoms with Crippen LogP contribution in [0.2, 0.25) is 0 Å². The second kappa shape index (κ2) is 4.79. The average molecular weight is 239 g/mol. The topological polar surface area (TPSA) is 3.24 Å². The van der Waals surface area contributed by atoms with Crippen LogP contribution in [0.25, 0.3) is 0 Å². The Morgan fingerprint density at radius 2 is 1.93 bits per heavy atom. The standard InChI is InChI=1S/C9H10BF3N.K/c1-14-5-4-7-2-3-8(6-9(7)14)10(11,12)13;/h2-3,6H,4-5H2,1H3;/q-1;+1. The molecular formula is C9H10BF3KN. The number of fused-ring (bicyclic) bond motifs is 1. The molecule has 15 heavy (non-hydrogen) atoms. The summed E-state index contributed by atoms with van der Waals surface area (Å²) in [5, 5.41) is 0. The molecule has 0 radical (unpaired) electrons. The van der Waals surface area contributed by atoms with Crippen LogP contribution in [0.15, 0.2) is 18.2 Å². The van der Waals surface area contributed by atoms with Gasteiger partial charge in [-0.2, -0.15) is 0 Å². The molecule has 76 valence electrons. The van der Waals surface area contributed by atoms with Gasteiger partial charge in [0, 0.05) is 19.3 Å². The summed E-state index contributed by atoms with van der Waals surface area (Å²) in [6.45, 7) is -4.06. The number of nitrogens with zero attached hydrogens (tertiary/aromatic N) is 1. The summed E-state index contributed by atoms with van der Waals surface area (Å²) in [5.74, 6) is 0. The molecule has 0 unspecified atom stereocenters. The molecule has 1 aliphatic heterocycles. The maximum atomic E-state index is 12.4. The summed E-state index contributed by atoms with van der Waals surface area (Å²) < 4.78 is 37.3. The Labute approximate surface area is 130 Å². The molecule has 0 bridgehead atoms. The number of rotatable bonds is 1. The largest absolute Gasteiger partial charge is 1.00 e. The molecule has 1 nitrogen and oxygen atoms in total. The molecule has 1 heterocycles. The molecule has 0 spiro atoms. The Kier molecular flexibility index (Phi) is 4.34. The van der Waals surface area contributed by atoms with Gasteiger partial charge >= 0.3 is 58.4 Å². The maximum Gasteiger partial charge on any atom is 1.00 e. The molecule has 0 saturated carbocycles. The zero-order chi connectivity index (χ0) is 10.3. The van der Waals surface area contributed by atoms with E-state index in [1.54, 1.807) is 6.07 Å². The van der Waals surface area contributed by atoms with Crippen molar-refractivity contribution in [3.63, 3.8) is 0 Å². The fourth-order valence-corrected chi connectivity index (χ4v) is 1.76. The molecule has 0 aromatic heterocycles. The van der Waals surface area contributed by atoms with Crippen molar-refractivity contribution in [2.24, 2.45) is 0 Å². The second-order valence-electron chi connectivity index (χ2n) is 3.63. The van der Waals surface area contributed by atoms with Crippen LogP contribution in [-0.4, -0.2) is 20.6 Å². The summed E-state index contributed by atoms with van der Waals surface area (Å²) in [6, 6.07) is 4.02. The van der Waals surface area contributed by atoms with E-state index >= 15 is 0 Å². The fourth-order valence-electron chi connectivity index (χ4n) is 1.76. The molecule has 0 fully saturated rings. The van der Waals surface area contributed by atoms with E-state index in [1.807, 2.05) is 11.9 Å². The molecule has 0 N–H and O–H groups in total. The summed E-state index contributed by atoms with van der Waals surface area (Å²) in [5.41, 5.74) is 1.23. The molecule has 0 amide bonds. The summed E-state index contributed by atoms with van der Waals surface area (Å²) >= 11 is 0. The van der Waals surface area contributed by atoms with Gasteiger partial charge in [-0.15, -0.1) is 5.46 Å². The minimum Gasteiger partial charge on any atom is -0.445 e. The average Bonchev–Trinajstić information content (AvgIpc) is 2.46. The van der Waals surface area contributed by atoms with Gasteiger partial charge in [0.1, 0.15) is 0 Å². The van der Waals surface area contributed by atoms with Crippen LogP contribution in [0, 0.1) is 0 Å². The Balaban J connectivity index is 0.00000112. The van der Waals surface area contributed by atoms with Crippen LogP contribution in [0.5, 0.6) is 0 Å². The van der Waals surface area contributed by atoms with Crippen LogP contribution in [0.4, 0.5) is 18.6 Å². The molecular weight excluding hydrogens is 229 g/mol. The third-order valence-electron chi connectivity index (χ3n) is 2.62. The second-order valence-corrected chi connectivity index (χ2v) is 3.63. The van der Waals surface area contributed by atoms with Crippen molar-refractivity contribution < 1.29 is 64.3 Å². The predicted molar refractivity (Wildman–Crippen MR) is 52.1 cm³/mol. The maximum absolute atomic E-state index is 12.4. The van der Waals surface area contributed by atoms with Crippen LogP contribution >= 0.6 is 0 Å². The molecule has 0 saturated heterocycles. The van der Waals surface area contributed by atoms with Gasteiger partial charge < -0.3 is 17.8 Å². The fraction of sp³-hybridized carbons (Fsp3) is 0.333. The molecule has 2 rings (SSSR count). The third kappa shape index (κ3) is 2.79. The van der Waals surface area contributed by atoms with E-state index in [0.717, 1.165) is 24.2 Å². The van der Waals surface area contributed by atoms with Crippen molar-refractivity contribution in [3.05, 3.63) is 23.8 Å². The van der Waals surface area contributed by atoms with Crippen molar-refractivity contribution in [1.29, 1.82) is 0 Å². The molecule has 1 aliphatic rings. The number of anilines is 1. The van der Waals surface area contributed by atoms with Gasteiger partial charge in [0.25, 0.3) is 0 Å². The first-order valence-corrected chi connectivity index (χ1v) is 4.52. The first kappa shape index (κ1) is 13.6. The molecule has 6 heteroatoms. The number of likely N-dealkylation sites (N-methyl/N-ethyl adjacent to an activating group) is 1. The van der Waals surface area contributed by atoms with Gasteiger partial charge in [0.2, 0.25) is 0 Å². The summed E-state index contributed by atoms with van der Waals surface area (Å²) in [7, 11) is 1.82. The third-order valence-corrected chi connectivity index (χ3v) is 2.62. The van der Waals surface area contributed by atoms with E-state index in [2.05, 4.69) is 0 Å². The van der Waals surface area contributed by atoms with Gasteiger partial charge in [-0.3, -0.25) is 0 Å². The number of benzene rings is 1. The van der Waals surface area contributed by atoms with Crippen LogP contribution < -0.4 is 61.7 Å². The van der Waals surface area contributed by atoms with E-state index in [9.17, 15) is 12.9 Å². The Bertz CT molecular complexity index is 367. The Morgan fingerprint density at radius 1 is 1.27 bits per heavy atom.